The molecule has 0 aromatic heterocycles. The summed E-state index contributed by atoms with van der Waals surface area (Å²) in [7, 11) is 0. The maximum atomic E-state index is 0. The summed E-state index contributed by atoms with van der Waals surface area (Å²) in [5.41, 5.74) is 0. The molecule has 0 radical (unpaired) electrons. The van der Waals surface area contributed by atoms with Gasteiger partial charge in [0.25, 0.3) is 0 Å². The predicted molar refractivity (Wildman–Crippen MR) is 59.0 cm³/mol. The Kier molecular flexibility index (Phi) is 608. The van der Waals surface area contributed by atoms with Crippen molar-refractivity contribution in [3.63, 3.8) is 0 Å². The minimum absolute atomic E-state index is 0. The van der Waals surface area contributed by atoms with Crippen LogP contribution in [0.5, 0.6) is 0 Å². The molecule has 5 heteroatoms. The molecule has 0 N–H and O–H groups in total. The van der Waals surface area contributed by atoms with E-state index in [2.05, 4.69) is 0 Å². The average molecular weight is 363 g/mol. The van der Waals surface area contributed by atoms with Crippen LogP contribution in [0, 0.1) is 0 Å². The third-order valence-electron chi connectivity index (χ3n) is 0. The van der Waals surface area contributed by atoms with Gasteiger partial charge >= 0.3 is 60.3 Å². The Morgan fingerprint density at radius 1 is 0.833 bits per heavy atom. The SMILES string of the molecule is C.P.[AsH3].[AsH3].[SbH3].[SiH4]. The van der Waals surface area contributed by atoms with Crippen LogP contribution in [0.25, 0.3) is 0 Å². The summed E-state index contributed by atoms with van der Waals surface area (Å²) in [5.74, 6) is 0. The van der Waals surface area contributed by atoms with Gasteiger partial charge in [-0.2, -0.15) is 9.90 Å². The fourth-order valence-corrected chi connectivity index (χ4v) is 0. The van der Waals surface area contributed by atoms with Gasteiger partial charge in [-0.3, -0.25) is 0 Å². The van der Waals surface area contributed by atoms with Crippen molar-refractivity contribution in [2.24, 2.45) is 0 Å². The van der Waals surface area contributed by atoms with Crippen molar-refractivity contribution in [2.45, 2.75) is 7.43 Å². The van der Waals surface area contributed by atoms with Crippen molar-refractivity contribution in [1.29, 1.82) is 0 Å². The van der Waals surface area contributed by atoms with E-state index in [4.69, 9.17) is 0 Å². The maximum Gasteiger partial charge on any atom is -0.0149 e. The van der Waals surface area contributed by atoms with Crippen LogP contribution in [0.2, 0.25) is 0 Å². The van der Waals surface area contributed by atoms with E-state index in [0.717, 1.165) is 0 Å². The van der Waals surface area contributed by atoms with Crippen LogP contribution >= 0.6 is 9.90 Å². The second-order valence-electron chi connectivity index (χ2n) is 0. The summed E-state index contributed by atoms with van der Waals surface area (Å²) >= 11 is 0. The maximum absolute atomic E-state index is 0. The predicted octanol–water partition coefficient (Wildman–Crippen LogP) is -4.31. The van der Waals surface area contributed by atoms with E-state index in [1.165, 1.54) is 0 Å². The molecule has 0 rings (SSSR count). The van der Waals surface area contributed by atoms with Gasteiger partial charge in [-0.25, -0.2) is 0 Å². The second kappa shape index (κ2) is 49.3. The molecule has 0 bridgehead atoms. The molecular formula is CH20As2PSbSi. The molecule has 48 valence electrons. The molecule has 6 heavy (non-hydrogen) atoms. The topological polar surface area (TPSA) is 0 Å². The summed E-state index contributed by atoms with van der Waals surface area (Å²) in [5, 5.41) is 0. The van der Waals surface area contributed by atoms with Crippen LogP contribution in [-0.2, 0) is 0 Å². The largest absolute Gasteiger partial charge is 0.0149 e. The molecule has 3 atom stereocenters. The van der Waals surface area contributed by atoms with Crippen molar-refractivity contribution in [2.75, 3.05) is 0 Å². The monoisotopic (exact) mass is 362 g/mol. The third-order valence-corrected chi connectivity index (χ3v) is 0. The Morgan fingerprint density at radius 3 is 0.833 bits per heavy atom. The smallest absolute Gasteiger partial charge is 0.0149 e. The zero-order valence-corrected chi connectivity index (χ0v) is 14.2. The van der Waals surface area contributed by atoms with E-state index in [9.17, 15) is 0 Å². The van der Waals surface area contributed by atoms with Gasteiger partial charge < -0.3 is 0 Å². The van der Waals surface area contributed by atoms with Crippen molar-refractivity contribution in [3.05, 3.63) is 0 Å². The van der Waals surface area contributed by atoms with Crippen LogP contribution in [0.1, 0.15) is 7.43 Å². The van der Waals surface area contributed by atoms with Crippen molar-refractivity contribution < 1.29 is 0 Å². The van der Waals surface area contributed by atoms with Gasteiger partial charge in [-0.05, 0) is 11.0 Å². The van der Waals surface area contributed by atoms with E-state index in [-0.39, 0.29) is 88.6 Å². The molecule has 0 nitrogen and oxygen atoms in total. The molecule has 0 aliphatic carbocycles. The molecule has 0 aromatic carbocycles. The van der Waals surface area contributed by atoms with Crippen LogP contribution in [0.15, 0.2) is 0 Å². The van der Waals surface area contributed by atoms with Crippen molar-refractivity contribution in [1.82, 2.24) is 0 Å². The Bertz CT molecular complexity index is 13.5. The Labute approximate surface area is 87.7 Å². The first-order chi connectivity index (χ1) is 0. The number of hydrogen-bond acceptors (Lipinski definition) is 0. The standard InChI is InChI=1S/CH4.2AsH3.H3P.Sb.H4Si.3H/h1H4;3*1H3;;1H4;;;. The fraction of sp³-hybridized carbons (Fsp3) is 1.00. The molecule has 0 saturated heterocycles. The number of rotatable bonds is 0. The summed E-state index contributed by atoms with van der Waals surface area (Å²) in [4.78, 5) is 0. The molecule has 3 unspecified atom stereocenters. The van der Waals surface area contributed by atoms with Gasteiger partial charge in [0.15, 0.2) is 0 Å². The first-order valence-corrected chi connectivity index (χ1v) is 0. The quantitative estimate of drug-likeness (QED) is 0.302. The molecule has 0 fully saturated rings. The van der Waals surface area contributed by atoms with E-state index in [1.807, 2.05) is 0 Å². The minimum Gasteiger partial charge on any atom is -0.0149 e. The molecular weight excluding hydrogens is 343 g/mol. The van der Waals surface area contributed by atoms with Gasteiger partial charge in [-0.15, -0.1) is 0 Å². The summed E-state index contributed by atoms with van der Waals surface area (Å²) in [6, 6.07) is 0. The molecule has 0 saturated carbocycles. The summed E-state index contributed by atoms with van der Waals surface area (Å²) in [6.45, 7) is 0. The van der Waals surface area contributed by atoms with Gasteiger partial charge in [0.1, 0.15) is 0 Å². The van der Waals surface area contributed by atoms with Crippen LogP contribution in [0.4, 0.5) is 0 Å². The molecule has 0 aliphatic rings. The normalized spacial score (nSPS) is 0. The Hall–Kier alpha value is 2.58. The van der Waals surface area contributed by atoms with Gasteiger partial charge in [0, 0.05) is 0 Å². The average Bonchev–Trinajstić information content (AvgIpc) is 0. The zero-order valence-electron chi connectivity index (χ0n) is 2.83. The second-order valence-corrected chi connectivity index (χ2v) is 0. The van der Waals surface area contributed by atoms with Crippen LogP contribution in [-0.4, -0.2) is 71.3 Å². The van der Waals surface area contributed by atoms with Crippen LogP contribution < -0.4 is 0 Å². The van der Waals surface area contributed by atoms with E-state index in [1.54, 1.807) is 0 Å². The fourth-order valence-electron chi connectivity index (χ4n) is 0. The van der Waals surface area contributed by atoms with Gasteiger partial charge in [-0.1, -0.05) is 7.43 Å². The first kappa shape index (κ1) is 74.0. The number of hydrogen-bond donors (Lipinski definition) is 0. The Morgan fingerprint density at radius 2 is 0.833 bits per heavy atom. The van der Waals surface area contributed by atoms with Crippen LogP contribution in [0.3, 0.4) is 0 Å². The van der Waals surface area contributed by atoms with Gasteiger partial charge in [0.2, 0.25) is 0 Å². The third kappa shape index (κ3) is 30.8. The summed E-state index contributed by atoms with van der Waals surface area (Å²) in [6.07, 6.45) is 0. The molecule has 0 amide bonds. The van der Waals surface area contributed by atoms with Gasteiger partial charge in [0.05, 0.1) is 0 Å². The zero-order chi connectivity index (χ0) is 0. The Balaban J connectivity index is 0. The summed E-state index contributed by atoms with van der Waals surface area (Å²) < 4.78 is 0. The first-order valence-electron chi connectivity index (χ1n) is 0. The molecule has 0 spiro atoms. The van der Waals surface area contributed by atoms with E-state index >= 15 is 0 Å². The molecule has 0 heterocycles. The minimum atomic E-state index is 0. The molecule has 0 aliphatic heterocycles. The van der Waals surface area contributed by atoms with Crippen molar-refractivity contribution >= 4 is 81.2 Å². The van der Waals surface area contributed by atoms with E-state index < -0.39 is 0 Å². The molecule has 0 aromatic rings. The van der Waals surface area contributed by atoms with Crippen molar-refractivity contribution in [3.8, 4) is 0 Å². The van der Waals surface area contributed by atoms with E-state index in [0.29, 0.717) is 0 Å².